The van der Waals surface area contributed by atoms with Crippen LogP contribution in [-0.4, -0.2) is 13.0 Å². The van der Waals surface area contributed by atoms with Gasteiger partial charge in [-0.1, -0.05) is 60.1 Å². The monoisotopic (exact) mass is 410 g/mol. The van der Waals surface area contributed by atoms with Crippen molar-refractivity contribution in [1.29, 1.82) is 0 Å². The van der Waals surface area contributed by atoms with Crippen molar-refractivity contribution in [3.05, 3.63) is 101 Å². The number of hydrogen-bond acceptors (Lipinski definition) is 2. The Morgan fingerprint density at radius 3 is 2.43 bits per heavy atom. The van der Waals surface area contributed by atoms with Gasteiger partial charge in [-0.25, -0.2) is 8.42 Å². The van der Waals surface area contributed by atoms with Crippen molar-refractivity contribution in [2.45, 2.75) is 12.3 Å². The third-order valence-corrected chi connectivity index (χ3v) is 6.15. The molecule has 0 spiro atoms. The Hall–Kier alpha value is -2.76. The van der Waals surface area contributed by atoms with E-state index in [4.69, 9.17) is 11.6 Å². The number of aromatic nitrogens is 1. The van der Waals surface area contributed by atoms with Gasteiger partial charge < -0.3 is 4.57 Å². The molecule has 28 heavy (non-hydrogen) atoms. The van der Waals surface area contributed by atoms with Crippen LogP contribution in [-0.2, 0) is 22.3 Å². The summed E-state index contributed by atoms with van der Waals surface area (Å²) in [5.41, 5.74) is 3.38. The van der Waals surface area contributed by atoms with Gasteiger partial charge in [0.05, 0.1) is 5.75 Å². The maximum absolute atomic E-state index is 12.5. The summed E-state index contributed by atoms with van der Waals surface area (Å²) in [5, 5.41) is 1.43. The second-order valence-corrected chi connectivity index (χ2v) is 8.78. The zero-order valence-corrected chi connectivity index (χ0v) is 16.6. The van der Waals surface area contributed by atoms with E-state index >= 15 is 0 Å². The highest BCUT2D eigenvalue weighted by Gasteiger charge is 2.14. The minimum absolute atomic E-state index is 0.167. The van der Waals surface area contributed by atoms with E-state index in [0.29, 0.717) is 16.3 Å². The van der Waals surface area contributed by atoms with Gasteiger partial charge in [-0.05, 0) is 41.5 Å². The molecule has 3 aromatic carbocycles. The first-order chi connectivity index (χ1) is 13.5. The lowest BCUT2D eigenvalue weighted by molar-refractivity contribution is 0.600. The van der Waals surface area contributed by atoms with Gasteiger partial charge in [0.15, 0.2) is 0 Å². The number of fused-ring (bicyclic) bond motifs is 1. The fourth-order valence-corrected chi connectivity index (χ4v) is 4.72. The molecule has 6 heteroatoms. The molecule has 1 N–H and O–H groups in total. The molecule has 142 valence electrons. The summed E-state index contributed by atoms with van der Waals surface area (Å²) in [6, 6.07) is 24.7. The Balaban J connectivity index is 1.54. The smallest absolute Gasteiger partial charge is 0.236 e. The molecule has 0 bridgehead atoms. The lowest BCUT2D eigenvalue weighted by atomic mass is 10.2. The number of rotatable bonds is 6. The zero-order chi connectivity index (χ0) is 19.6. The maximum Gasteiger partial charge on any atom is 0.236 e. The van der Waals surface area contributed by atoms with E-state index in [1.165, 1.54) is 5.56 Å². The Bertz CT molecular complexity index is 1220. The first-order valence-electron chi connectivity index (χ1n) is 8.87. The third-order valence-electron chi connectivity index (χ3n) is 4.54. The SMILES string of the molecule is O=S(=O)(Cc1ccccc1Cl)Nc1ccc2c(ccn2Cc2ccccc2)c1. The van der Waals surface area contributed by atoms with Crippen LogP contribution in [0.25, 0.3) is 10.9 Å². The number of nitrogens with zero attached hydrogens (tertiary/aromatic N) is 1. The van der Waals surface area contributed by atoms with Crippen LogP contribution in [0.3, 0.4) is 0 Å². The van der Waals surface area contributed by atoms with Gasteiger partial charge in [0.25, 0.3) is 0 Å². The van der Waals surface area contributed by atoms with Gasteiger partial charge in [-0.3, -0.25) is 4.72 Å². The summed E-state index contributed by atoms with van der Waals surface area (Å²) >= 11 is 6.09. The van der Waals surface area contributed by atoms with Crippen LogP contribution in [0.1, 0.15) is 11.1 Å². The molecule has 0 unspecified atom stereocenters. The highest BCUT2D eigenvalue weighted by atomic mass is 35.5. The lowest BCUT2D eigenvalue weighted by Crippen LogP contribution is -2.15. The number of nitrogens with one attached hydrogen (secondary N) is 1. The molecule has 4 aromatic rings. The zero-order valence-electron chi connectivity index (χ0n) is 15.0. The average Bonchev–Trinajstić information content (AvgIpc) is 3.06. The van der Waals surface area contributed by atoms with Crippen molar-refractivity contribution < 1.29 is 8.42 Å². The van der Waals surface area contributed by atoms with Gasteiger partial charge in [-0.2, -0.15) is 0 Å². The van der Waals surface area contributed by atoms with Gasteiger partial charge in [0.1, 0.15) is 0 Å². The fraction of sp³-hybridized carbons (Fsp3) is 0.0909. The number of anilines is 1. The van der Waals surface area contributed by atoms with E-state index in [0.717, 1.165) is 17.4 Å². The molecule has 4 rings (SSSR count). The van der Waals surface area contributed by atoms with Crippen molar-refractivity contribution in [3.63, 3.8) is 0 Å². The van der Waals surface area contributed by atoms with Gasteiger partial charge in [-0.15, -0.1) is 0 Å². The normalized spacial score (nSPS) is 11.6. The van der Waals surface area contributed by atoms with E-state index in [2.05, 4.69) is 21.4 Å². The summed E-state index contributed by atoms with van der Waals surface area (Å²) in [7, 11) is -3.56. The minimum Gasteiger partial charge on any atom is -0.343 e. The quantitative estimate of drug-likeness (QED) is 0.469. The van der Waals surface area contributed by atoms with Crippen molar-refractivity contribution in [2.24, 2.45) is 0 Å². The topological polar surface area (TPSA) is 51.1 Å². The van der Waals surface area contributed by atoms with E-state index in [9.17, 15) is 8.42 Å². The molecule has 0 aliphatic rings. The molecule has 1 aromatic heterocycles. The summed E-state index contributed by atoms with van der Waals surface area (Å²) in [4.78, 5) is 0. The molecule has 0 saturated heterocycles. The van der Waals surface area contributed by atoms with E-state index in [1.54, 1.807) is 30.3 Å². The number of halogens is 1. The molecule has 0 saturated carbocycles. The molecule has 1 heterocycles. The second kappa shape index (κ2) is 7.70. The number of benzene rings is 3. The molecule has 0 radical (unpaired) electrons. The van der Waals surface area contributed by atoms with E-state index in [-0.39, 0.29) is 5.75 Å². The molecule has 0 aliphatic carbocycles. The molecule has 0 aliphatic heterocycles. The number of hydrogen-bond donors (Lipinski definition) is 1. The van der Waals surface area contributed by atoms with Crippen LogP contribution in [0.2, 0.25) is 5.02 Å². The summed E-state index contributed by atoms with van der Waals surface area (Å²) in [6.07, 6.45) is 2.01. The summed E-state index contributed by atoms with van der Waals surface area (Å²) < 4.78 is 29.9. The van der Waals surface area contributed by atoms with Crippen LogP contribution in [0, 0.1) is 0 Å². The third kappa shape index (κ3) is 4.21. The molecular weight excluding hydrogens is 392 g/mol. The first kappa shape index (κ1) is 18.6. The average molecular weight is 411 g/mol. The van der Waals surface area contributed by atoms with Gasteiger partial charge >= 0.3 is 0 Å². The molecule has 0 amide bonds. The summed E-state index contributed by atoms with van der Waals surface area (Å²) in [5.74, 6) is -0.167. The minimum atomic E-state index is -3.56. The van der Waals surface area contributed by atoms with Crippen LogP contribution in [0.5, 0.6) is 0 Å². The molecule has 0 atom stereocenters. The van der Waals surface area contributed by atoms with Crippen molar-refractivity contribution in [1.82, 2.24) is 4.57 Å². The van der Waals surface area contributed by atoms with Crippen molar-refractivity contribution in [3.8, 4) is 0 Å². The van der Waals surface area contributed by atoms with Crippen LogP contribution in [0.4, 0.5) is 5.69 Å². The van der Waals surface area contributed by atoms with Crippen LogP contribution in [0.15, 0.2) is 85.1 Å². The first-order valence-corrected chi connectivity index (χ1v) is 10.9. The highest BCUT2D eigenvalue weighted by Crippen LogP contribution is 2.24. The standard InChI is InChI=1S/C22H19ClN2O2S/c23-21-9-5-4-8-19(21)16-28(26,27)24-20-10-11-22-18(14-20)12-13-25(22)15-17-6-2-1-3-7-17/h1-14,24H,15-16H2. The maximum atomic E-state index is 12.5. The van der Waals surface area contributed by atoms with Crippen LogP contribution >= 0.6 is 11.6 Å². The Kier molecular flexibility index (Phi) is 5.11. The van der Waals surface area contributed by atoms with Crippen molar-refractivity contribution in [2.75, 3.05) is 4.72 Å². The fourth-order valence-electron chi connectivity index (χ4n) is 3.22. The van der Waals surface area contributed by atoms with Crippen LogP contribution < -0.4 is 4.72 Å². The Morgan fingerprint density at radius 2 is 1.64 bits per heavy atom. The van der Waals surface area contributed by atoms with E-state index in [1.807, 2.05) is 42.6 Å². The predicted molar refractivity (Wildman–Crippen MR) is 115 cm³/mol. The molecular formula is C22H19ClN2O2S. The summed E-state index contributed by atoms with van der Waals surface area (Å²) in [6.45, 7) is 0.766. The predicted octanol–water partition coefficient (Wildman–Crippen LogP) is 5.28. The Morgan fingerprint density at radius 1 is 0.893 bits per heavy atom. The molecule has 4 nitrogen and oxygen atoms in total. The van der Waals surface area contributed by atoms with Gasteiger partial charge in [0, 0.05) is 34.4 Å². The molecule has 0 fully saturated rings. The second-order valence-electron chi connectivity index (χ2n) is 6.66. The Labute approximate surface area is 169 Å². The van der Waals surface area contributed by atoms with Gasteiger partial charge in [0.2, 0.25) is 10.0 Å². The lowest BCUT2D eigenvalue weighted by Gasteiger charge is -2.10. The van der Waals surface area contributed by atoms with Crippen molar-refractivity contribution >= 4 is 38.2 Å². The largest absolute Gasteiger partial charge is 0.343 e. The van der Waals surface area contributed by atoms with E-state index < -0.39 is 10.0 Å². The highest BCUT2D eigenvalue weighted by molar-refractivity contribution is 7.91. The number of sulfonamides is 1.